The van der Waals surface area contributed by atoms with Crippen LogP contribution in [0, 0.1) is 17.8 Å². The van der Waals surface area contributed by atoms with Gasteiger partial charge in [-0.05, 0) is 22.8 Å². The van der Waals surface area contributed by atoms with Crippen LogP contribution in [0.4, 0.5) is 0 Å². The average molecular weight is 285 g/mol. The minimum atomic E-state index is -1.94. The Hall–Kier alpha value is 0.0600. The minimum Gasteiger partial charge on any atom is -0.161 e. The molecule has 2 atom stereocenters. The van der Waals surface area contributed by atoms with Gasteiger partial charge < -0.3 is 0 Å². The van der Waals surface area contributed by atoms with Gasteiger partial charge in [0.15, 0.2) is 6.16 Å². The van der Waals surface area contributed by atoms with Crippen LogP contribution >= 0.6 is 8.03 Å². The van der Waals surface area contributed by atoms with Gasteiger partial charge in [-0.25, -0.2) is 0 Å². The summed E-state index contributed by atoms with van der Waals surface area (Å²) < 4.78 is 11.3. The molecule has 0 saturated heterocycles. The Morgan fingerprint density at radius 3 is 2.11 bits per heavy atom. The first-order chi connectivity index (χ1) is 9.25. The van der Waals surface area contributed by atoms with E-state index in [0.29, 0.717) is 12.1 Å². The maximum absolute atomic E-state index is 11.3. The number of hydrogen-bond donors (Lipinski definition) is 1. The smallest absolute Gasteiger partial charge is 0.161 e. The van der Waals surface area contributed by atoms with Gasteiger partial charge in [-0.2, -0.15) is 4.89 Å². The Balaban J connectivity index is 1.80. The van der Waals surface area contributed by atoms with E-state index in [9.17, 15) is 9.46 Å². The van der Waals surface area contributed by atoms with E-state index < -0.39 is 8.03 Å². The molecule has 3 heteroatoms. The predicted octanol–water partition coefficient (Wildman–Crippen LogP) is 5.28. The largest absolute Gasteiger partial charge is 0.505 e. The molecule has 0 aliphatic heterocycles. The third-order valence-electron chi connectivity index (χ3n) is 5.38. The van der Waals surface area contributed by atoms with Gasteiger partial charge in [-0.15, -0.1) is 0 Å². The molecule has 2 saturated carbocycles. The van der Waals surface area contributed by atoms with Crippen LogP contribution in [-0.4, -0.2) is 11.1 Å². The summed E-state index contributed by atoms with van der Waals surface area (Å²) in [5, 5.41) is 0. The summed E-state index contributed by atoms with van der Waals surface area (Å²) in [6, 6.07) is 0. The maximum atomic E-state index is 11.3. The second-order valence-corrected chi connectivity index (χ2v) is 7.84. The van der Waals surface area contributed by atoms with Crippen LogP contribution < -0.4 is 0 Å². The SMILES string of the molecule is O=[P+](O)CC(CCC1CCCCC1)C1CCCCC1. The van der Waals surface area contributed by atoms with Crippen molar-refractivity contribution in [2.45, 2.75) is 77.0 Å². The molecule has 1 N–H and O–H groups in total. The number of rotatable bonds is 6. The van der Waals surface area contributed by atoms with Gasteiger partial charge >= 0.3 is 8.03 Å². The molecule has 0 aromatic rings. The summed E-state index contributed by atoms with van der Waals surface area (Å²) in [5.74, 6) is 2.18. The molecule has 0 heterocycles. The quantitative estimate of drug-likeness (QED) is 0.674. The van der Waals surface area contributed by atoms with Gasteiger partial charge in [0.25, 0.3) is 0 Å². The molecule has 0 aromatic carbocycles. The lowest BCUT2D eigenvalue weighted by atomic mass is 9.76. The van der Waals surface area contributed by atoms with E-state index in [0.717, 1.165) is 11.8 Å². The molecule has 0 spiro atoms. The first-order valence-electron chi connectivity index (χ1n) is 8.39. The van der Waals surface area contributed by atoms with Crippen LogP contribution in [0.15, 0.2) is 0 Å². The van der Waals surface area contributed by atoms with E-state index >= 15 is 0 Å². The van der Waals surface area contributed by atoms with Crippen molar-refractivity contribution in [2.75, 3.05) is 6.16 Å². The molecule has 0 radical (unpaired) electrons. The van der Waals surface area contributed by atoms with Crippen molar-refractivity contribution in [3.63, 3.8) is 0 Å². The highest BCUT2D eigenvalue weighted by molar-refractivity contribution is 7.38. The zero-order chi connectivity index (χ0) is 13.5. The van der Waals surface area contributed by atoms with Crippen molar-refractivity contribution in [1.29, 1.82) is 0 Å². The minimum absolute atomic E-state index is 0.524. The molecule has 2 fully saturated rings. The Labute approximate surface area is 119 Å². The van der Waals surface area contributed by atoms with Crippen LogP contribution in [-0.2, 0) is 4.57 Å². The van der Waals surface area contributed by atoms with E-state index in [2.05, 4.69) is 0 Å². The van der Waals surface area contributed by atoms with E-state index in [1.165, 1.54) is 77.0 Å². The topological polar surface area (TPSA) is 37.3 Å². The van der Waals surface area contributed by atoms with Crippen molar-refractivity contribution in [3.8, 4) is 0 Å². The molecule has 19 heavy (non-hydrogen) atoms. The summed E-state index contributed by atoms with van der Waals surface area (Å²) >= 11 is 0. The zero-order valence-corrected chi connectivity index (χ0v) is 13.1. The third-order valence-corrected chi connectivity index (χ3v) is 6.16. The highest BCUT2D eigenvalue weighted by Crippen LogP contribution is 2.38. The molecular formula is C16H30O2P+. The Morgan fingerprint density at radius 1 is 0.947 bits per heavy atom. The summed E-state index contributed by atoms with van der Waals surface area (Å²) in [5.41, 5.74) is 0. The lowest BCUT2D eigenvalue weighted by molar-refractivity contribution is 0.226. The van der Waals surface area contributed by atoms with Crippen LogP contribution in [0.3, 0.4) is 0 Å². The van der Waals surface area contributed by atoms with Gasteiger partial charge in [0.05, 0.1) is 0 Å². The summed E-state index contributed by atoms with van der Waals surface area (Å²) in [6.07, 6.45) is 16.8. The highest BCUT2D eigenvalue weighted by atomic mass is 31.1. The van der Waals surface area contributed by atoms with Gasteiger partial charge in [0.2, 0.25) is 0 Å². The van der Waals surface area contributed by atoms with Crippen molar-refractivity contribution in [1.82, 2.24) is 0 Å². The summed E-state index contributed by atoms with van der Waals surface area (Å²) in [4.78, 5) is 9.30. The van der Waals surface area contributed by atoms with E-state index in [-0.39, 0.29) is 0 Å². The fourth-order valence-electron chi connectivity index (χ4n) is 4.21. The lowest BCUT2D eigenvalue weighted by Crippen LogP contribution is -2.21. The molecule has 2 rings (SSSR count). The molecule has 110 valence electrons. The molecule has 0 aromatic heterocycles. The summed E-state index contributed by atoms with van der Waals surface area (Å²) in [7, 11) is -1.94. The molecule has 0 amide bonds. The van der Waals surface area contributed by atoms with Crippen LogP contribution in [0.2, 0.25) is 0 Å². The van der Waals surface area contributed by atoms with Crippen LogP contribution in [0.1, 0.15) is 77.0 Å². The average Bonchev–Trinajstić information content (AvgIpc) is 2.45. The third kappa shape index (κ3) is 5.52. The van der Waals surface area contributed by atoms with E-state index in [4.69, 9.17) is 0 Å². The molecule has 2 unspecified atom stereocenters. The lowest BCUT2D eigenvalue weighted by Gasteiger charge is -2.29. The fraction of sp³-hybridized carbons (Fsp3) is 1.00. The number of hydrogen-bond acceptors (Lipinski definition) is 1. The summed E-state index contributed by atoms with van der Waals surface area (Å²) in [6.45, 7) is 0. The molecule has 2 nitrogen and oxygen atoms in total. The van der Waals surface area contributed by atoms with Crippen molar-refractivity contribution >= 4 is 8.03 Å². The second kappa shape index (κ2) is 8.37. The first-order valence-corrected chi connectivity index (χ1v) is 9.79. The Bertz CT molecular complexity index is 268. The normalized spacial score (nSPS) is 25.2. The van der Waals surface area contributed by atoms with Gasteiger partial charge in [0, 0.05) is 5.92 Å². The molecule has 0 bridgehead atoms. The van der Waals surface area contributed by atoms with Gasteiger partial charge in [-0.1, -0.05) is 70.6 Å². The van der Waals surface area contributed by atoms with E-state index in [1.54, 1.807) is 0 Å². The van der Waals surface area contributed by atoms with Crippen molar-refractivity contribution in [3.05, 3.63) is 0 Å². The highest BCUT2D eigenvalue weighted by Gasteiger charge is 2.30. The van der Waals surface area contributed by atoms with Crippen molar-refractivity contribution < 1.29 is 9.46 Å². The predicted molar refractivity (Wildman–Crippen MR) is 80.6 cm³/mol. The standard InChI is InChI=1S/C16H29O2P/c17-19(18)13-16(15-9-5-2-6-10-15)12-11-14-7-3-1-4-8-14/h14-16H,1-13H2/p+1. The Kier molecular flexibility index (Phi) is 6.81. The monoisotopic (exact) mass is 285 g/mol. The van der Waals surface area contributed by atoms with Crippen molar-refractivity contribution in [2.24, 2.45) is 17.8 Å². The van der Waals surface area contributed by atoms with Gasteiger partial charge in [-0.3, -0.25) is 0 Å². The van der Waals surface area contributed by atoms with E-state index in [1.807, 2.05) is 0 Å². The maximum Gasteiger partial charge on any atom is 0.505 e. The molecule has 2 aliphatic carbocycles. The fourth-order valence-corrected chi connectivity index (χ4v) is 5.09. The van der Waals surface area contributed by atoms with Gasteiger partial charge in [0.1, 0.15) is 0 Å². The van der Waals surface area contributed by atoms with Crippen LogP contribution in [0.5, 0.6) is 0 Å². The zero-order valence-electron chi connectivity index (χ0n) is 12.2. The van der Waals surface area contributed by atoms with Crippen LogP contribution in [0.25, 0.3) is 0 Å². The Morgan fingerprint density at radius 2 is 1.53 bits per heavy atom. The molecule has 2 aliphatic rings. The molecular weight excluding hydrogens is 255 g/mol. The second-order valence-electron chi connectivity index (χ2n) is 6.77. The first kappa shape index (κ1) is 15.4.